The zero-order valence-electron chi connectivity index (χ0n) is 12.5. The minimum Gasteiger partial charge on any atom is -0.444 e. The fourth-order valence-corrected chi connectivity index (χ4v) is 1.69. The largest absolute Gasteiger partial charge is 0.444 e. The Balaban J connectivity index is 2.17. The molecule has 0 aliphatic heterocycles. The van der Waals surface area contributed by atoms with Crippen molar-refractivity contribution in [3.63, 3.8) is 0 Å². The highest BCUT2D eigenvalue weighted by Gasteiger charge is 2.17. The quantitative estimate of drug-likeness (QED) is 0.888. The lowest BCUT2D eigenvalue weighted by Crippen LogP contribution is -2.27. The van der Waals surface area contributed by atoms with Crippen LogP contribution in [0.25, 0.3) is 11.1 Å². The minimum atomic E-state index is -0.523. The number of rotatable bonds is 2. The first kappa shape index (κ1) is 14.4. The van der Waals surface area contributed by atoms with Gasteiger partial charge in [-0.1, -0.05) is 13.8 Å². The zero-order valence-corrected chi connectivity index (χ0v) is 12.5. The zero-order chi connectivity index (χ0) is 14.9. The second kappa shape index (κ2) is 5.15. The number of oxazole rings is 1. The Morgan fingerprint density at radius 1 is 1.35 bits per heavy atom. The third kappa shape index (κ3) is 3.50. The Kier molecular flexibility index (Phi) is 3.70. The number of anilines is 1. The van der Waals surface area contributed by atoms with Crippen molar-refractivity contribution in [2.45, 2.75) is 46.1 Å². The molecule has 5 nitrogen and oxygen atoms in total. The third-order valence-corrected chi connectivity index (χ3v) is 2.54. The summed E-state index contributed by atoms with van der Waals surface area (Å²) >= 11 is 0. The van der Waals surface area contributed by atoms with Gasteiger partial charge in [0, 0.05) is 17.7 Å². The number of hydrogen-bond donors (Lipinski definition) is 1. The van der Waals surface area contributed by atoms with E-state index < -0.39 is 11.7 Å². The molecule has 1 aromatic heterocycles. The van der Waals surface area contributed by atoms with Gasteiger partial charge in [0.2, 0.25) is 0 Å². The van der Waals surface area contributed by atoms with Crippen LogP contribution in [0.1, 0.15) is 46.4 Å². The lowest BCUT2D eigenvalue weighted by molar-refractivity contribution is 0.0636. The molecule has 20 heavy (non-hydrogen) atoms. The van der Waals surface area contributed by atoms with Gasteiger partial charge in [-0.3, -0.25) is 5.32 Å². The van der Waals surface area contributed by atoms with Gasteiger partial charge in [0.1, 0.15) is 11.1 Å². The number of aromatic nitrogens is 1. The summed E-state index contributed by atoms with van der Waals surface area (Å²) in [4.78, 5) is 16.1. The summed E-state index contributed by atoms with van der Waals surface area (Å²) in [6, 6.07) is 5.34. The first-order valence-electron chi connectivity index (χ1n) is 6.65. The summed E-state index contributed by atoms with van der Waals surface area (Å²) in [5, 5.41) is 2.68. The van der Waals surface area contributed by atoms with Crippen LogP contribution < -0.4 is 5.32 Å². The Bertz CT molecular complexity index is 624. The summed E-state index contributed by atoms with van der Waals surface area (Å²) in [6.07, 6.45) is -0.486. The van der Waals surface area contributed by atoms with Crippen LogP contribution in [0.5, 0.6) is 0 Å². The van der Waals surface area contributed by atoms with Crippen LogP contribution in [0.3, 0.4) is 0 Å². The smallest absolute Gasteiger partial charge is 0.412 e. The minimum absolute atomic E-state index is 0.227. The van der Waals surface area contributed by atoms with Gasteiger partial charge in [0.15, 0.2) is 11.5 Å². The number of amides is 1. The van der Waals surface area contributed by atoms with Gasteiger partial charge < -0.3 is 9.15 Å². The van der Waals surface area contributed by atoms with Crippen LogP contribution in [-0.4, -0.2) is 16.7 Å². The fourth-order valence-electron chi connectivity index (χ4n) is 1.69. The number of ether oxygens (including phenoxy) is 1. The number of nitrogens with one attached hydrogen (secondary N) is 1. The van der Waals surface area contributed by atoms with E-state index in [4.69, 9.17) is 9.15 Å². The molecule has 1 N–H and O–H groups in total. The van der Waals surface area contributed by atoms with E-state index >= 15 is 0 Å². The highest BCUT2D eigenvalue weighted by molar-refractivity contribution is 5.88. The summed E-state index contributed by atoms with van der Waals surface area (Å²) < 4.78 is 10.9. The van der Waals surface area contributed by atoms with Gasteiger partial charge in [-0.2, -0.15) is 0 Å². The topological polar surface area (TPSA) is 64.4 Å². The van der Waals surface area contributed by atoms with Crippen molar-refractivity contribution in [1.29, 1.82) is 0 Å². The number of nitrogens with zero attached hydrogens (tertiary/aromatic N) is 1. The predicted molar refractivity (Wildman–Crippen MR) is 78.0 cm³/mol. The normalized spacial score (nSPS) is 11.9. The van der Waals surface area contributed by atoms with Gasteiger partial charge in [-0.15, -0.1) is 0 Å². The first-order valence-corrected chi connectivity index (χ1v) is 6.65. The fraction of sp³-hybridized carbons (Fsp3) is 0.467. The molecule has 0 spiro atoms. The van der Waals surface area contributed by atoms with Crippen LogP contribution in [0.15, 0.2) is 22.6 Å². The molecule has 0 saturated heterocycles. The Hall–Kier alpha value is -2.04. The number of hydrogen-bond acceptors (Lipinski definition) is 4. The first-order chi connectivity index (χ1) is 9.24. The molecule has 0 bridgehead atoms. The summed E-state index contributed by atoms with van der Waals surface area (Å²) in [7, 11) is 0. The molecular formula is C15H20N2O3. The standard InChI is InChI=1S/C15H20N2O3/c1-9(2)13-17-11-7-6-10(8-12(11)19-13)16-14(18)20-15(3,4)5/h6-9H,1-5H3,(H,16,18). The van der Waals surface area contributed by atoms with Crippen molar-refractivity contribution in [1.82, 2.24) is 4.98 Å². The van der Waals surface area contributed by atoms with Crippen molar-refractivity contribution in [3.05, 3.63) is 24.1 Å². The van der Waals surface area contributed by atoms with Crippen molar-refractivity contribution in [3.8, 4) is 0 Å². The number of benzene rings is 1. The maximum Gasteiger partial charge on any atom is 0.412 e. The maximum atomic E-state index is 11.7. The molecule has 0 atom stereocenters. The van der Waals surface area contributed by atoms with Crippen LogP contribution in [-0.2, 0) is 4.74 Å². The Morgan fingerprint density at radius 3 is 2.65 bits per heavy atom. The van der Waals surface area contributed by atoms with E-state index in [0.29, 0.717) is 17.2 Å². The molecule has 5 heteroatoms. The average molecular weight is 276 g/mol. The Labute approximate surface area is 118 Å². The maximum absolute atomic E-state index is 11.7. The van der Waals surface area contributed by atoms with E-state index in [-0.39, 0.29) is 5.92 Å². The monoisotopic (exact) mass is 276 g/mol. The van der Waals surface area contributed by atoms with E-state index in [1.807, 2.05) is 40.7 Å². The van der Waals surface area contributed by atoms with E-state index in [0.717, 1.165) is 5.52 Å². The molecule has 1 aromatic carbocycles. The lowest BCUT2D eigenvalue weighted by Gasteiger charge is -2.19. The molecule has 0 saturated carbocycles. The van der Waals surface area contributed by atoms with E-state index in [1.54, 1.807) is 12.1 Å². The van der Waals surface area contributed by atoms with Crippen LogP contribution in [0, 0.1) is 0 Å². The molecule has 0 unspecified atom stereocenters. The lowest BCUT2D eigenvalue weighted by atomic mass is 10.2. The molecule has 0 aliphatic carbocycles. The Morgan fingerprint density at radius 2 is 2.05 bits per heavy atom. The summed E-state index contributed by atoms with van der Waals surface area (Å²) in [5.41, 5.74) is 1.54. The molecule has 1 heterocycles. The summed E-state index contributed by atoms with van der Waals surface area (Å²) in [5.74, 6) is 0.916. The third-order valence-electron chi connectivity index (χ3n) is 2.54. The van der Waals surface area contributed by atoms with Gasteiger partial charge in [-0.05, 0) is 32.9 Å². The molecule has 2 aromatic rings. The van der Waals surface area contributed by atoms with Crippen molar-refractivity contribution in [2.75, 3.05) is 5.32 Å². The molecule has 0 aliphatic rings. The SMILES string of the molecule is CC(C)c1nc2ccc(NC(=O)OC(C)(C)C)cc2o1. The van der Waals surface area contributed by atoms with Gasteiger partial charge in [0.25, 0.3) is 0 Å². The van der Waals surface area contributed by atoms with Crippen molar-refractivity contribution >= 4 is 22.9 Å². The highest BCUT2D eigenvalue weighted by atomic mass is 16.6. The van der Waals surface area contributed by atoms with Gasteiger partial charge in [-0.25, -0.2) is 9.78 Å². The second-order valence-corrected chi connectivity index (χ2v) is 6.02. The summed E-state index contributed by atoms with van der Waals surface area (Å²) in [6.45, 7) is 9.50. The predicted octanol–water partition coefficient (Wildman–Crippen LogP) is 4.30. The second-order valence-electron chi connectivity index (χ2n) is 6.02. The molecule has 0 radical (unpaired) electrons. The molecular weight excluding hydrogens is 256 g/mol. The van der Waals surface area contributed by atoms with E-state index in [1.165, 1.54) is 0 Å². The van der Waals surface area contributed by atoms with Crippen LogP contribution in [0.2, 0.25) is 0 Å². The van der Waals surface area contributed by atoms with Crippen LogP contribution in [0.4, 0.5) is 10.5 Å². The number of fused-ring (bicyclic) bond motifs is 1. The van der Waals surface area contributed by atoms with Crippen molar-refractivity contribution in [2.24, 2.45) is 0 Å². The van der Waals surface area contributed by atoms with Gasteiger partial charge in [0.05, 0.1) is 0 Å². The van der Waals surface area contributed by atoms with E-state index in [2.05, 4.69) is 10.3 Å². The van der Waals surface area contributed by atoms with Crippen molar-refractivity contribution < 1.29 is 13.9 Å². The van der Waals surface area contributed by atoms with Gasteiger partial charge >= 0.3 is 6.09 Å². The number of carbonyl (C=O) groups is 1. The molecule has 1 amide bonds. The van der Waals surface area contributed by atoms with E-state index in [9.17, 15) is 4.79 Å². The van der Waals surface area contributed by atoms with Crippen LogP contribution >= 0.6 is 0 Å². The molecule has 2 rings (SSSR count). The molecule has 0 fully saturated rings. The average Bonchev–Trinajstić information content (AvgIpc) is 2.69. The number of carbonyl (C=O) groups excluding carboxylic acids is 1. The molecule has 108 valence electrons. The highest BCUT2D eigenvalue weighted by Crippen LogP contribution is 2.24.